The van der Waals surface area contributed by atoms with Gasteiger partial charge < -0.3 is 0 Å². The highest BCUT2D eigenvalue weighted by Crippen LogP contribution is 2.34. The maximum Gasteiger partial charge on any atom is 0.151 e. The molecule has 0 atom stereocenters. The second kappa shape index (κ2) is 4.34. The van der Waals surface area contributed by atoms with Gasteiger partial charge in [0.15, 0.2) is 5.65 Å². The van der Waals surface area contributed by atoms with Crippen molar-refractivity contribution in [2.45, 2.75) is 6.92 Å². The Hall–Kier alpha value is -1.02. The van der Waals surface area contributed by atoms with Crippen LogP contribution in [0.4, 0.5) is 0 Å². The van der Waals surface area contributed by atoms with Crippen LogP contribution in [0.2, 0.25) is 0 Å². The number of aryl methyl sites for hydroxylation is 1. The first kappa shape index (κ1) is 11.1. The third kappa shape index (κ3) is 1.75. The van der Waals surface area contributed by atoms with Crippen molar-refractivity contribution in [3.63, 3.8) is 0 Å². The van der Waals surface area contributed by atoms with Gasteiger partial charge in [0.05, 0.1) is 11.9 Å². The Morgan fingerprint density at radius 3 is 3.06 bits per heavy atom. The average Bonchev–Trinajstić information content (AvgIpc) is 2.95. The van der Waals surface area contributed by atoms with E-state index < -0.39 is 0 Å². The summed E-state index contributed by atoms with van der Waals surface area (Å²) in [6, 6.07) is 4.19. The fourth-order valence-electron chi connectivity index (χ4n) is 1.87. The fourth-order valence-corrected chi connectivity index (χ4v) is 3.51. The lowest BCUT2D eigenvalue weighted by Gasteiger charge is -2.02. The van der Waals surface area contributed by atoms with E-state index in [1.807, 2.05) is 24.7 Å². The van der Waals surface area contributed by atoms with Crippen LogP contribution in [0.3, 0.4) is 0 Å². The van der Waals surface area contributed by atoms with E-state index in [2.05, 4.69) is 53.3 Å². The minimum Gasteiger partial charge on any atom is -0.285 e. The van der Waals surface area contributed by atoms with Crippen LogP contribution in [0.25, 0.3) is 22.3 Å². The molecular formula is C11H9IN4S. The molecule has 86 valence electrons. The lowest BCUT2D eigenvalue weighted by atomic mass is 10.2. The molecule has 0 unspecified atom stereocenters. The topological polar surface area (TPSA) is 46.5 Å². The van der Waals surface area contributed by atoms with Gasteiger partial charge in [0.25, 0.3) is 0 Å². The first-order valence-electron chi connectivity index (χ1n) is 5.06. The minimum absolute atomic E-state index is 1.00. The SMILES string of the molecule is Cc1ccnc2c1cc(-c1cn[nH]c1)n2SI. The molecule has 0 aliphatic heterocycles. The zero-order chi connectivity index (χ0) is 11.8. The number of nitrogens with zero attached hydrogens (tertiary/aromatic N) is 3. The highest BCUT2D eigenvalue weighted by Gasteiger charge is 2.13. The molecule has 0 saturated carbocycles. The predicted molar refractivity (Wildman–Crippen MR) is 79.1 cm³/mol. The summed E-state index contributed by atoms with van der Waals surface area (Å²) in [7, 11) is 1.62. The summed E-state index contributed by atoms with van der Waals surface area (Å²) in [4.78, 5) is 4.45. The number of halogens is 1. The lowest BCUT2D eigenvalue weighted by Crippen LogP contribution is -1.88. The van der Waals surface area contributed by atoms with Crippen LogP contribution in [0.5, 0.6) is 0 Å². The van der Waals surface area contributed by atoms with Gasteiger partial charge in [-0.3, -0.25) is 9.07 Å². The van der Waals surface area contributed by atoms with Gasteiger partial charge >= 0.3 is 0 Å². The predicted octanol–water partition coefficient (Wildman–Crippen LogP) is 3.58. The van der Waals surface area contributed by atoms with Crippen molar-refractivity contribution in [3.8, 4) is 11.3 Å². The molecule has 1 N–H and O–H groups in total. The highest BCUT2D eigenvalue weighted by atomic mass is 127. The standard InChI is InChI=1S/C11H9IN4S/c1-7-2-3-13-11-9(7)4-10(16(11)17-12)8-5-14-15-6-8/h2-6H,1H3,(H,14,15). The van der Waals surface area contributed by atoms with E-state index in [0.29, 0.717) is 0 Å². The molecule has 6 heteroatoms. The Balaban J connectivity index is 2.36. The van der Waals surface area contributed by atoms with Crippen LogP contribution in [0.1, 0.15) is 5.56 Å². The second-order valence-corrected chi connectivity index (χ2v) is 5.43. The van der Waals surface area contributed by atoms with E-state index >= 15 is 0 Å². The number of rotatable bonds is 2. The summed E-state index contributed by atoms with van der Waals surface area (Å²) in [5.41, 5.74) is 4.44. The third-order valence-electron chi connectivity index (χ3n) is 2.74. The first-order valence-corrected chi connectivity index (χ1v) is 8.38. The van der Waals surface area contributed by atoms with Crippen LogP contribution >= 0.6 is 30.3 Å². The van der Waals surface area contributed by atoms with E-state index in [9.17, 15) is 0 Å². The molecular weight excluding hydrogens is 347 g/mol. The van der Waals surface area contributed by atoms with Crippen LogP contribution in [0, 0.1) is 6.92 Å². The van der Waals surface area contributed by atoms with Crippen molar-refractivity contribution in [3.05, 3.63) is 36.3 Å². The number of H-pyrrole nitrogens is 1. The number of nitrogens with one attached hydrogen (secondary N) is 1. The summed E-state index contributed by atoms with van der Waals surface area (Å²) < 4.78 is 2.12. The first-order chi connectivity index (χ1) is 8.31. The monoisotopic (exact) mass is 356 g/mol. The van der Waals surface area contributed by atoms with Crippen LogP contribution in [-0.4, -0.2) is 19.2 Å². The van der Waals surface area contributed by atoms with Crippen molar-refractivity contribution in [1.82, 2.24) is 19.2 Å². The van der Waals surface area contributed by atoms with Crippen molar-refractivity contribution in [2.24, 2.45) is 0 Å². The normalized spacial score (nSPS) is 11.2. The molecule has 17 heavy (non-hydrogen) atoms. The van der Waals surface area contributed by atoms with Gasteiger partial charge in [-0.15, -0.1) is 0 Å². The Kier molecular flexibility index (Phi) is 2.83. The molecule has 0 saturated heterocycles. The molecule has 3 rings (SSSR count). The quantitative estimate of drug-likeness (QED) is 0.714. The van der Waals surface area contributed by atoms with Crippen molar-refractivity contribution in [2.75, 3.05) is 0 Å². The number of pyridine rings is 1. The Morgan fingerprint density at radius 1 is 1.47 bits per heavy atom. The van der Waals surface area contributed by atoms with Gasteiger partial charge in [-0.1, -0.05) is 0 Å². The number of aromatic amines is 1. The van der Waals surface area contributed by atoms with Crippen molar-refractivity contribution >= 4 is 41.4 Å². The van der Waals surface area contributed by atoms with Crippen LogP contribution < -0.4 is 0 Å². The molecule has 0 aliphatic rings. The average molecular weight is 356 g/mol. The van der Waals surface area contributed by atoms with E-state index in [1.54, 1.807) is 9.12 Å². The molecule has 3 heterocycles. The summed E-state index contributed by atoms with van der Waals surface area (Å²) >= 11 is 2.27. The van der Waals surface area contributed by atoms with Gasteiger partial charge in [-0.05, 0) is 24.6 Å². The molecule has 0 spiro atoms. The summed E-state index contributed by atoms with van der Waals surface area (Å²) in [6.45, 7) is 2.10. The molecule has 0 bridgehead atoms. The lowest BCUT2D eigenvalue weighted by molar-refractivity contribution is 1.09. The van der Waals surface area contributed by atoms with Gasteiger partial charge in [-0.25, -0.2) is 4.98 Å². The molecule has 3 aromatic heterocycles. The molecule has 0 aliphatic carbocycles. The van der Waals surface area contributed by atoms with E-state index in [1.165, 1.54) is 10.9 Å². The number of hydrogen-bond donors (Lipinski definition) is 1. The zero-order valence-electron chi connectivity index (χ0n) is 9.01. The van der Waals surface area contributed by atoms with Gasteiger partial charge in [-0.2, -0.15) is 5.10 Å². The second-order valence-electron chi connectivity index (χ2n) is 3.75. The van der Waals surface area contributed by atoms with Crippen LogP contribution in [0.15, 0.2) is 30.7 Å². The minimum atomic E-state index is 1.00. The van der Waals surface area contributed by atoms with Crippen molar-refractivity contribution in [1.29, 1.82) is 0 Å². The maximum atomic E-state index is 4.45. The largest absolute Gasteiger partial charge is 0.285 e. The number of hydrogen-bond acceptors (Lipinski definition) is 3. The number of aromatic nitrogens is 4. The number of fused-ring (bicyclic) bond motifs is 1. The molecule has 4 nitrogen and oxygen atoms in total. The van der Waals surface area contributed by atoms with Crippen molar-refractivity contribution < 1.29 is 0 Å². The Bertz CT molecular complexity index is 659. The maximum absolute atomic E-state index is 4.45. The van der Waals surface area contributed by atoms with E-state index in [4.69, 9.17) is 0 Å². The summed E-state index contributed by atoms with van der Waals surface area (Å²) in [5, 5.41) is 8.03. The smallest absolute Gasteiger partial charge is 0.151 e. The zero-order valence-corrected chi connectivity index (χ0v) is 12.0. The highest BCUT2D eigenvalue weighted by molar-refractivity contribution is 14.2. The van der Waals surface area contributed by atoms with E-state index in [0.717, 1.165) is 16.9 Å². The molecule has 0 aromatic carbocycles. The van der Waals surface area contributed by atoms with Gasteiger partial charge in [0.2, 0.25) is 0 Å². The van der Waals surface area contributed by atoms with E-state index in [-0.39, 0.29) is 0 Å². The molecule has 0 amide bonds. The molecule has 0 fully saturated rings. The third-order valence-corrected chi connectivity index (χ3v) is 4.43. The Morgan fingerprint density at radius 2 is 2.35 bits per heavy atom. The van der Waals surface area contributed by atoms with Gasteiger partial charge in [0.1, 0.15) is 0 Å². The molecule has 3 aromatic rings. The fraction of sp³-hybridized carbons (Fsp3) is 0.0909. The van der Waals surface area contributed by atoms with Gasteiger partial charge in [0, 0.05) is 53.7 Å². The van der Waals surface area contributed by atoms with Crippen LogP contribution in [-0.2, 0) is 0 Å². The Labute approximate surface area is 115 Å². The summed E-state index contributed by atoms with van der Waals surface area (Å²) in [5.74, 6) is 0. The summed E-state index contributed by atoms with van der Waals surface area (Å²) in [6.07, 6.45) is 5.57. The molecule has 0 radical (unpaired) electrons.